The Morgan fingerprint density at radius 2 is 2.00 bits per heavy atom. The fraction of sp³-hybridized carbons (Fsp3) is 0.556. The number of hydrogen-bond donors (Lipinski definition) is 1. The fourth-order valence-electron chi connectivity index (χ4n) is 3.00. The molecular weight excluding hydrogens is 331 g/mol. The van der Waals surface area contributed by atoms with Crippen molar-refractivity contribution in [2.24, 2.45) is 5.41 Å². The van der Waals surface area contributed by atoms with Gasteiger partial charge in [0.05, 0.1) is 17.0 Å². The van der Waals surface area contributed by atoms with Crippen LogP contribution in [-0.4, -0.2) is 29.7 Å². The number of hydrazine groups is 1. The summed E-state index contributed by atoms with van der Waals surface area (Å²) in [6, 6.07) is 7.51. The molecule has 4 nitrogen and oxygen atoms in total. The molecule has 1 aliphatic rings. The number of hydrogen-bond acceptors (Lipinski definition) is 3. The summed E-state index contributed by atoms with van der Waals surface area (Å²) in [4.78, 5) is 11.8. The first-order valence-electron chi connectivity index (χ1n) is 8.27. The lowest BCUT2D eigenvalue weighted by molar-refractivity contribution is -0.190. The van der Waals surface area contributed by atoms with Crippen LogP contribution in [0.15, 0.2) is 24.3 Å². The summed E-state index contributed by atoms with van der Waals surface area (Å²) in [6.07, 6.45) is -3.02. The lowest BCUT2D eigenvalue weighted by Crippen LogP contribution is -2.49. The Balaban J connectivity index is 1.94. The van der Waals surface area contributed by atoms with Gasteiger partial charge in [0.1, 0.15) is 6.04 Å². The highest BCUT2D eigenvalue weighted by Gasteiger charge is 2.49. The molecule has 1 aliphatic heterocycles. The van der Waals surface area contributed by atoms with E-state index in [-0.39, 0.29) is 18.9 Å². The maximum Gasteiger partial charge on any atom is 0.405 e. The van der Waals surface area contributed by atoms with Crippen LogP contribution < -0.4 is 5.43 Å². The van der Waals surface area contributed by atoms with Crippen molar-refractivity contribution in [3.63, 3.8) is 0 Å². The number of nitrogens with zero attached hydrogens (tertiary/aromatic N) is 2. The van der Waals surface area contributed by atoms with E-state index >= 15 is 0 Å². The number of nitriles is 1. The first-order valence-corrected chi connectivity index (χ1v) is 8.27. The summed E-state index contributed by atoms with van der Waals surface area (Å²) in [5.41, 5.74) is 2.94. The van der Waals surface area contributed by atoms with Crippen molar-refractivity contribution in [1.29, 1.82) is 5.26 Å². The first kappa shape index (κ1) is 19.3. The predicted octanol–water partition coefficient (Wildman–Crippen LogP) is 3.57. The Morgan fingerprint density at radius 1 is 1.32 bits per heavy atom. The zero-order valence-corrected chi connectivity index (χ0v) is 14.4. The van der Waals surface area contributed by atoms with E-state index in [1.54, 1.807) is 26.0 Å². The van der Waals surface area contributed by atoms with Gasteiger partial charge in [0, 0.05) is 6.54 Å². The standard InChI is InChI=1S/C18H22F3N3O/c1-17(2)12-24(23-16(17)25)15(18(19,20)21)10-6-5-8-13-7-3-4-9-14(13)11-22/h3-4,7,9,15H,5-6,8,10,12H2,1-2H3,(H,23,25)/t15-/m0/s1. The summed E-state index contributed by atoms with van der Waals surface area (Å²) in [7, 11) is 0. The number of amides is 1. The van der Waals surface area contributed by atoms with Crippen LogP contribution in [0.4, 0.5) is 13.2 Å². The Labute approximate surface area is 145 Å². The Hall–Kier alpha value is -2.07. The number of benzene rings is 1. The molecule has 1 amide bonds. The van der Waals surface area contributed by atoms with Gasteiger partial charge < -0.3 is 0 Å². The number of alkyl halides is 3. The highest BCUT2D eigenvalue weighted by molar-refractivity contribution is 5.83. The van der Waals surface area contributed by atoms with Gasteiger partial charge in [-0.15, -0.1) is 0 Å². The molecule has 2 rings (SSSR count). The smallest absolute Gasteiger partial charge is 0.288 e. The third-order valence-electron chi connectivity index (χ3n) is 4.49. The maximum atomic E-state index is 13.4. The molecule has 0 spiro atoms. The van der Waals surface area contributed by atoms with Gasteiger partial charge in [-0.1, -0.05) is 24.6 Å². The van der Waals surface area contributed by atoms with E-state index in [0.29, 0.717) is 24.8 Å². The average molecular weight is 353 g/mol. The maximum absolute atomic E-state index is 13.4. The quantitative estimate of drug-likeness (QED) is 0.796. The van der Waals surface area contributed by atoms with Gasteiger partial charge in [-0.05, 0) is 44.7 Å². The van der Waals surface area contributed by atoms with Crippen LogP contribution in [0, 0.1) is 16.7 Å². The summed E-state index contributed by atoms with van der Waals surface area (Å²) < 4.78 is 40.2. The van der Waals surface area contributed by atoms with Gasteiger partial charge in [-0.25, -0.2) is 5.01 Å². The van der Waals surface area contributed by atoms with E-state index in [2.05, 4.69) is 11.5 Å². The molecule has 0 radical (unpaired) electrons. The molecule has 1 aromatic carbocycles. The molecular formula is C18H22F3N3O. The fourth-order valence-corrected chi connectivity index (χ4v) is 3.00. The third kappa shape index (κ3) is 4.73. The molecule has 1 N–H and O–H groups in total. The Bertz CT molecular complexity index is 664. The highest BCUT2D eigenvalue weighted by atomic mass is 19.4. The molecule has 136 valence electrons. The van der Waals surface area contributed by atoms with Crippen LogP contribution >= 0.6 is 0 Å². The van der Waals surface area contributed by atoms with Crippen molar-refractivity contribution in [2.45, 2.75) is 51.7 Å². The minimum absolute atomic E-state index is 0.0350. The van der Waals surface area contributed by atoms with Crippen LogP contribution in [0.1, 0.15) is 44.2 Å². The second kappa shape index (κ2) is 7.44. The van der Waals surface area contributed by atoms with E-state index in [0.717, 1.165) is 10.6 Å². The highest BCUT2D eigenvalue weighted by Crippen LogP contribution is 2.33. The number of carbonyl (C=O) groups excluding carboxylic acids is 1. The van der Waals surface area contributed by atoms with E-state index in [4.69, 9.17) is 5.26 Å². The van der Waals surface area contributed by atoms with Crippen LogP contribution in [0.25, 0.3) is 0 Å². The van der Waals surface area contributed by atoms with E-state index in [1.165, 1.54) is 0 Å². The van der Waals surface area contributed by atoms with Gasteiger partial charge in [-0.2, -0.15) is 18.4 Å². The van der Waals surface area contributed by atoms with Crippen LogP contribution in [0.2, 0.25) is 0 Å². The number of halogens is 3. The molecule has 7 heteroatoms. The minimum Gasteiger partial charge on any atom is -0.288 e. The van der Waals surface area contributed by atoms with Crippen LogP contribution in [0.3, 0.4) is 0 Å². The topological polar surface area (TPSA) is 56.1 Å². The van der Waals surface area contributed by atoms with E-state index in [1.807, 2.05) is 12.1 Å². The van der Waals surface area contributed by atoms with Gasteiger partial charge in [0.25, 0.3) is 0 Å². The summed E-state index contributed by atoms with van der Waals surface area (Å²) in [6.45, 7) is 3.30. The van der Waals surface area contributed by atoms with Crippen LogP contribution in [-0.2, 0) is 11.2 Å². The van der Waals surface area contributed by atoms with Crippen molar-refractivity contribution < 1.29 is 18.0 Å². The molecule has 0 aromatic heterocycles. The van der Waals surface area contributed by atoms with Gasteiger partial charge in [0.2, 0.25) is 5.91 Å². The minimum atomic E-state index is -4.40. The SMILES string of the molecule is CC1(C)CN([C@@H](CCCCc2ccccc2C#N)C(F)(F)F)NC1=O. The van der Waals surface area contributed by atoms with Gasteiger partial charge >= 0.3 is 6.18 Å². The largest absolute Gasteiger partial charge is 0.405 e. The lowest BCUT2D eigenvalue weighted by atomic mass is 9.94. The molecule has 0 bridgehead atoms. The first-order chi connectivity index (χ1) is 11.6. The third-order valence-corrected chi connectivity index (χ3v) is 4.49. The second-order valence-electron chi connectivity index (χ2n) is 7.02. The molecule has 1 heterocycles. The molecule has 1 atom stereocenters. The number of nitrogens with one attached hydrogen (secondary N) is 1. The Kier molecular flexibility index (Phi) is 5.73. The monoisotopic (exact) mass is 353 g/mol. The lowest BCUT2D eigenvalue weighted by Gasteiger charge is -2.29. The number of rotatable bonds is 6. The molecule has 0 unspecified atom stereocenters. The molecule has 0 saturated carbocycles. The Morgan fingerprint density at radius 3 is 2.56 bits per heavy atom. The average Bonchev–Trinajstić information content (AvgIpc) is 2.79. The summed E-state index contributed by atoms with van der Waals surface area (Å²) in [5, 5.41) is 10.1. The molecule has 1 aromatic rings. The van der Waals surface area contributed by atoms with E-state index in [9.17, 15) is 18.0 Å². The van der Waals surface area contributed by atoms with Crippen molar-refractivity contribution in [3.05, 3.63) is 35.4 Å². The molecule has 1 saturated heterocycles. The molecule has 1 fully saturated rings. The summed E-state index contributed by atoms with van der Waals surface area (Å²) in [5.74, 6) is -0.385. The second-order valence-corrected chi connectivity index (χ2v) is 7.02. The predicted molar refractivity (Wildman–Crippen MR) is 87.2 cm³/mol. The van der Waals surface area contributed by atoms with Crippen molar-refractivity contribution >= 4 is 5.91 Å². The van der Waals surface area contributed by atoms with Gasteiger partial charge in [-0.3, -0.25) is 10.2 Å². The molecule has 0 aliphatic carbocycles. The van der Waals surface area contributed by atoms with Crippen molar-refractivity contribution in [2.75, 3.05) is 6.54 Å². The summed E-state index contributed by atoms with van der Waals surface area (Å²) >= 11 is 0. The van der Waals surface area contributed by atoms with Crippen molar-refractivity contribution in [3.8, 4) is 6.07 Å². The van der Waals surface area contributed by atoms with Crippen LogP contribution in [0.5, 0.6) is 0 Å². The number of unbranched alkanes of at least 4 members (excludes halogenated alkanes) is 1. The molecule has 25 heavy (non-hydrogen) atoms. The van der Waals surface area contributed by atoms with Gasteiger partial charge in [0.15, 0.2) is 0 Å². The number of aryl methyl sites for hydroxylation is 1. The number of carbonyl (C=O) groups is 1. The zero-order valence-electron chi connectivity index (χ0n) is 14.4. The van der Waals surface area contributed by atoms with Crippen molar-refractivity contribution in [1.82, 2.24) is 10.4 Å². The van der Waals surface area contributed by atoms with E-state index < -0.39 is 17.6 Å². The normalized spacial score (nSPS) is 18.6. The zero-order chi connectivity index (χ0) is 18.7.